The number of nitrogens with zero attached hydrogens (tertiary/aromatic N) is 2. The second kappa shape index (κ2) is 10.3. The summed E-state index contributed by atoms with van der Waals surface area (Å²) in [4.78, 5) is 16.5. The minimum Gasteiger partial charge on any atom is -0.493 e. The molecule has 2 N–H and O–H groups in total. The Kier molecular flexibility index (Phi) is 6.98. The molecule has 0 spiro atoms. The summed E-state index contributed by atoms with van der Waals surface area (Å²) < 4.78 is 11.6. The maximum Gasteiger partial charge on any atom is 0.337 e. The number of fused-ring (bicyclic) bond motifs is 1. The van der Waals surface area contributed by atoms with Gasteiger partial charge in [0.15, 0.2) is 0 Å². The van der Waals surface area contributed by atoms with E-state index in [9.17, 15) is 4.79 Å². The third-order valence-electron chi connectivity index (χ3n) is 5.66. The van der Waals surface area contributed by atoms with Crippen LogP contribution in [0.25, 0.3) is 0 Å². The van der Waals surface area contributed by atoms with E-state index in [1.54, 1.807) is 7.05 Å². The zero-order valence-electron chi connectivity index (χ0n) is 19.0. The zero-order chi connectivity index (χ0) is 23.2. The molecule has 1 aliphatic carbocycles. The summed E-state index contributed by atoms with van der Waals surface area (Å²) in [5.41, 5.74) is 4.38. The Morgan fingerprint density at radius 2 is 1.91 bits per heavy atom. The van der Waals surface area contributed by atoms with Crippen molar-refractivity contribution >= 4 is 23.0 Å². The van der Waals surface area contributed by atoms with Crippen molar-refractivity contribution in [3.63, 3.8) is 0 Å². The van der Waals surface area contributed by atoms with Crippen molar-refractivity contribution in [2.45, 2.75) is 31.8 Å². The van der Waals surface area contributed by atoms with Gasteiger partial charge < -0.3 is 24.8 Å². The third kappa shape index (κ3) is 5.74. The first-order valence-corrected chi connectivity index (χ1v) is 11.2. The number of aromatic carboxylic acids is 1. The molecule has 1 saturated carbocycles. The molecule has 0 saturated heterocycles. The minimum absolute atomic E-state index is 0.238. The fraction of sp³-hybridized carbons (Fsp3) is 0.308. The number of carbonyl (C=O) groups is 1. The normalized spacial score (nSPS) is 14.1. The van der Waals surface area contributed by atoms with E-state index in [-0.39, 0.29) is 5.56 Å². The van der Waals surface area contributed by atoms with Gasteiger partial charge in [-0.05, 0) is 67.6 Å². The van der Waals surface area contributed by atoms with Gasteiger partial charge in [0.25, 0.3) is 0 Å². The molecule has 0 unspecified atom stereocenters. The molecule has 7 nitrogen and oxygen atoms in total. The summed E-state index contributed by atoms with van der Waals surface area (Å²) in [7, 11) is 3.74. The summed E-state index contributed by atoms with van der Waals surface area (Å²) in [5, 5.41) is 11.4. The van der Waals surface area contributed by atoms with Crippen LogP contribution in [0.2, 0.25) is 0 Å². The van der Waals surface area contributed by atoms with Gasteiger partial charge >= 0.3 is 5.97 Å². The van der Waals surface area contributed by atoms with Crippen LogP contribution >= 0.6 is 0 Å². The Labute approximate surface area is 194 Å². The molecule has 2 aromatic carbocycles. The Hall–Kier alpha value is -3.74. The number of rotatable bonds is 6. The molecule has 0 bridgehead atoms. The lowest BCUT2D eigenvalue weighted by atomic mass is 10.1. The number of aryl methyl sites for hydroxylation is 1. The number of carboxylic acid groups (broad SMARTS) is 1. The number of ether oxygens (including phenoxy) is 2. The predicted octanol–water partition coefficient (Wildman–Crippen LogP) is 5.14. The number of hydrogen-bond acceptors (Lipinski definition) is 6. The molecule has 33 heavy (non-hydrogen) atoms. The molecule has 7 heteroatoms. The van der Waals surface area contributed by atoms with Crippen molar-refractivity contribution in [2.24, 2.45) is 0 Å². The molecule has 2 aliphatic rings. The second-order valence-electron chi connectivity index (χ2n) is 8.09. The molecular weight excluding hydrogens is 418 g/mol. The van der Waals surface area contributed by atoms with Gasteiger partial charge in [-0.15, -0.1) is 0 Å². The minimum atomic E-state index is -0.947. The molecule has 3 aromatic rings. The maximum absolute atomic E-state index is 10.5. The summed E-state index contributed by atoms with van der Waals surface area (Å²) in [6, 6.07) is 16.3. The molecule has 0 radical (unpaired) electrons. The van der Waals surface area contributed by atoms with Crippen LogP contribution in [-0.2, 0) is 6.42 Å². The first kappa shape index (κ1) is 22.5. The van der Waals surface area contributed by atoms with Crippen molar-refractivity contribution in [3.8, 4) is 11.5 Å². The topological polar surface area (TPSA) is 83.9 Å². The Morgan fingerprint density at radius 1 is 1.15 bits per heavy atom. The van der Waals surface area contributed by atoms with Gasteiger partial charge in [-0.1, -0.05) is 6.07 Å². The average molecular weight is 448 g/mol. The number of anilines is 3. The van der Waals surface area contributed by atoms with Crippen LogP contribution in [0.3, 0.4) is 0 Å². The van der Waals surface area contributed by atoms with Gasteiger partial charge in [0, 0.05) is 37.7 Å². The van der Waals surface area contributed by atoms with Gasteiger partial charge in [-0.3, -0.25) is 4.98 Å². The largest absolute Gasteiger partial charge is 0.493 e. The Balaban J connectivity index is 0.000000200. The van der Waals surface area contributed by atoms with E-state index < -0.39 is 5.97 Å². The predicted molar refractivity (Wildman–Crippen MR) is 129 cm³/mol. The summed E-state index contributed by atoms with van der Waals surface area (Å²) in [5.74, 6) is 1.05. The van der Waals surface area contributed by atoms with Crippen LogP contribution in [0, 0.1) is 0 Å². The van der Waals surface area contributed by atoms with Crippen molar-refractivity contribution in [1.29, 1.82) is 0 Å². The number of aromatic nitrogens is 1. The number of carboxylic acids is 1. The van der Waals surface area contributed by atoms with E-state index in [1.165, 1.54) is 36.9 Å². The molecule has 0 amide bonds. The highest BCUT2D eigenvalue weighted by atomic mass is 16.5. The fourth-order valence-corrected chi connectivity index (χ4v) is 3.59. The van der Waals surface area contributed by atoms with Crippen LogP contribution < -0.4 is 19.7 Å². The number of nitrogens with one attached hydrogen (secondary N) is 1. The van der Waals surface area contributed by atoms with Crippen LogP contribution in [0.4, 0.5) is 17.1 Å². The van der Waals surface area contributed by atoms with Gasteiger partial charge in [0.05, 0.1) is 30.2 Å². The summed E-state index contributed by atoms with van der Waals surface area (Å²) in [6.07, 6.45) is 7.99. The molecule has 1 aliphatic heterocycles. The Bertz CT molecular complexity index is 1100. The highest BCUT2D eigenvalue weighted by molar-refractivity contribution is 5.93. The van der Waals surface area contributed by atoms with Crippen molar-refractivity contribution in [3.05, 3.63) is 72.1 Å². The molecule has 5 rings (SSSR count). The molecule has 1 fully saturated rings. The van der Waals surface area contributed by atoms with Gasteiger partial charge in [0.1, 0.15) is 11.5 Å². The van der Waals surface area contributed by atoms with E-state index in [1.807, 2.05) is 0 Å². The van der Waals surface area contributed by atoms with Crippen LogP contribution in [-0.4, -0.2) is 42.9 Å². The van der Waals surface area contributed by atoms with E-state index in [0.717, 1.165) is 42.3 Å². The van der Waals surface area contributed by atoms with Crippen molar-refractivity contribution in [1.82, 2.24) is 4.98 Å². The lowest BCUT2D eigenvalue weighted by molar-refractivity contribution is 0.0698. The van der Waals surface area contributed by atoms with Crippen LogP contribution in [0.1, 0.15) is 35.2 Å². The lowest BCUT2D eigenvalue weighted by Gasteiger charge is -2.23. The smallest absolute Gasteiger partial charge is 0.337 e. The van der Waals surface area contributed by atoms with Crippen LogP contribution in [0.15, 0.2) is 60.9 Å². The van der Waals surface area contributed by atoms with Crippen molar-refractivity contribution < 1.29 is 19.4 Å². The van der Waals surface area contributed by atoms with Gasteiger partial charge in [-0.25, -0.2) is 4.79 Å². The standard InChI is InChI=1S/C19H21NO2.C7H8N2O2/c1-20(15-6-8-17(9-7-15)22-18-10-11-18)16-5-4-14-3-2-12-21-19(14)13-16;1-8-6-4-9-3-2-5(6)7(10)11/h4-9,13,18H,2-3,10-12H2,1H3;2-4,8H,1H3,(H,10,11). The third-order valence-corrected chi connectivity index (χ3v) is 5.66. The van der Waals surface area contributed by atoms with E-state index in [0.29, 0.717) is 11.8 Å². The summed E-state index contributed by atoms with van der Waals surface area (Å²) in [6.45, 7) is 0.827. The van der Waals surface area contributed by atoms with Gasteiger partial charge in [-0.2, -0.15) is 0 Å². The van der Waals surface area contributed by atoms with E-state index in [2.05, 4.69) is 64.7 Å². The van der Waals surface area contributed by atoms with Crippen LogP contribution in [0.5, 0.6) is 11.5 Å². The molecule has 1 aromatic heterocycles. The van der Waals surface area contributed by atoms with Gasteiger partial charge in [0.2, 0.25) is 0 Å². The summed E-state index contributed by atoms with van der Waals surface area (Å²) >= 11 is 0. The first-order chi connectivity index (χ1) is 16.0. The fourth-order valence-electron chi connectivity index (χ4n) is 3.59. The van der Waals surface area contributed by atoms with Crippen molar-refractivity contribution in [2.75, 3.05) is 30.9 Å². The average Bonchev–Trinajstić information content (AvgIpc) is 3.68. The molecule has 2 heterocycles. The van der Waals surface area contributed by atoms with E-state index >= 15 is 0 Å². The second-order valence-corrected chi connectivity index (χ2v) is 8.09. The number of benzene rings is 2. The molecule has 172 valence electrons. The Morgan fingerprint density at radius 3 is 2.58 bits per heavy atom. The lowest BCUT2D eigenvalue weighted by Crippen LogP contribution is -2.12. The quantitative estimate of drug-likeness (QED) is 0.541. The molecule has 0 atom stereocenters. The molecular formula is C26H29N3O4. The monoisotopic (exact) mass is 447 g/mol. The number of pyridine rings is 1. The highest BCUT2D eigenvalue weighted by Crippen LogP contribution is 2.33. The van der Waals surface area contributed by atoms with E-state index in [4.69, 9.17) is 14.6 Å². The maximum atomic E-state index is 10.5. The number of hydrogen-bond donors (Lipinski definition) is 2. The zero-order valence-corrected chi connectivity index (χ0v) is 19.0. The highest BCUT2D eigenvalue weighted by Gasteiger charge is 2.23. The first-order valence-electron chi connectivity index (χ1n) is 11.2. The SMILES string of the molecule is CN(c1ccc(OC2CC2)cc1)c1ccc2c(c1)OCCC2.CNc1cnccc1C(=O)O.